The lowest BCUT2D eigenvalue weighted by Crippen LogP contribution is -2.28. The van der Waals surface area contributed by atoms with Gasteiger partial charge in [-0.2, -0.15) is 0 Å². The van der Waals surface area contributed by atoms with Crippen molar-refractivity contribution in [2.45, 2.75) is 39.0 Å². The number of sulfonamides is 1. The van der Waals surface area contributed by atoms with Crippen molar-refractivity contribution < 1.29 is 8.42 Å². The number of aromatic nitrogens is 1. The van der Waals surface area contributed by atoms with Gasteiger partial charge in [-0.05, 0) is 40.8 Å². The van der Waals surface area contributed by atoms with Crippen LogP contribution in [0.3, 0.4) is 0 Å². The van der Waals surface area contributed by atoms with Crippen LogP contribution in [-0.2, 0) is 10.0 Å². The summed E-state index contributed by atoms with van der Waals surface area (Å²) in [5, 5.41) is 2.97. The van der Waals surface area contributed by atoms with Crippen LogP contribution in [0.15, 0.2) is 21.6 Å². The van der Waals surface area contributed by atoms with Crippen LogP contribution >= 0.6 is 15.9 Å². The third kappa shape index (κ3) is 5.38. The fraction of sp³-hybridized carbons (Fsp3) is 0.615. The Labute approximate surface area is 129 Å². The van der Waals surface area contributed by atoms with E-state index in [0.29, 0.717) is 23.4 Å². The van der Waals surface area contributed by atoms with E-state index in [9.17, 15) is 8.42 Å². The molecule has 1 heterocycles. The smallest absolute Gasteiger partial charge is 0.244 e. The molecule has 1 aromatic heterocycles. The summed E-state index contributed by atoms with van der Waals surface area (Å²) in [5.41, 5.74) is 0.0859. The van der Waals surface area contributed by atoms with Crippen molar-refractivity contribution in [1.82, 2.24) is 9.71 Å². The molecule has 0 aliphatic heterocycles. The van der Waals surface area contributed by atoms with Gasteiger partial charge in [-0.3, -0.25) is 0 Å². The molecule has 0 saturated carbocycles. The van der Waals surface area contributed by atoms with E-state index in [4.69, 9.17) is 0 Å². The summed E-state index contributed by atoms with van der Waals surface area (Å²) in [6.45, 7) is 9.14. The summed E-state index contributed by atoms with van der Waals surface area (Å²) in [4.78, 5) is 4.28. The summed E-state index contributed by atoms with van der Waals surface area (Å²) >= 11 is 3.26. The number of hydrogen-bond acceptors (Lipinski definition) is 4. The van der Waals surface area contributed by atoms with Crippen molar-refractivity contribution in [3.8, 4) is 0 Å². The number of hydrogen-bond donors (Lipinski definition) is 2. The van der Waals surface area contributed by atoms with Gasteiger partial charge in [0.2, 0.25) is 10.0 Å². The molecule has 5 nitrogen and oxygen atoms in total. The minimum atomic E-state index is -3.56. The summed E-state index contributed by atoms with van der Waals surface area (Å²) < 4.78 is 28.0. The molecule has 0 aromatic carbocycles. The van der Waals surface area contributed by atoms with E-state index in [-0.39, 0.29) is 10.3 Å². The maximum atomic E-state index is 12.4. The summed E-state index contributed by atoms with van der Waals surface area (Å²) in [5.74, 6) is 0.374. The van der Waals surface area contributed by atoms with Gasteiger partial charge in [0.05, 0.1) is 0 Å². The molecule has 1 rings (SSSR count). The molecule has 1 aromatic rings. The predicted molar refractivity (Wildman–Crippen MR) is 85.4 cm³/mol. The minimum Gasteiger partial charge on any atom is -0.369 e. The van der Waals surface area contributed by atoms with Gasteiger partial charge in [-0.1, -0.05) is 20.8 Å². The average Bonchev–Trinajstić information content (AvgIpc) is 2.29. The number of nitrogens with one attached hydrogen (secondary N) is 2. The zero-order valence-corrected chi connectivity index (χ0v) is 14.7. The van der Waals surface area contributed by atoms with Gasteiger partial charge in [0.15, 0.2) is 0 Å². The Balaban J connectivity index is 2.94. The first kappa shape index (κ1) is 17.4. The second-order valence-electron chi connectivity index (χ2n) is 5.74. The van der Waals surface area contributed by atoms with Gasteiger partial charge < -0.3 is 5.32 Å². The van der Waals surface area contributed by atoms with E-state index in [1.807, 2.05) is 6.92 Å². The quantitative estimate of drug-likeness (QED) is 0.814. The molecule has 0 amide bonds. The second kappa shape index (κ2) is 6.87. The molecule has 0 aliphatic rings. The summed E-state index contributed by atoms with van der Waals surface area (Å²) in [6, 6.07) is 1.56. The molecule has 2 N–H and O–H groups in total. The maximum Gasteiger partial charge on any atom is 0.244 e. The molecule has 0 radical (unpaired) electrons. The standard InChI is InChI=1S/C13H22BrN3O2S/c1-5-15-12-11(8-10(14)9-16-12)20(18,19)17-7-6-13(2,3)4/h8-9,17H,5-7H2,1-4H3,(H,15,16). The molecule has 0 aliphatic carbocycles. The van der Waals surface area contributed by atoms with Gasteiger partial charge >= 0.3 is 0 Å². The fourth-order valence-corrected chi connectivity index (χ4v) is 3.23. The lowest BCUT2D eigenvalue weighted by atomic mass is 9.93. The maximum absolute atomic E-state index is 12.4. The van der Waals surface area contributed by atoms with Gasteiger partial charge in [-0.15, -0.1) is 0 Å². The third-order valence-electron chi connectivity index (χ3n) is 2.62. The summed E-state index contributed by atoms with van der Waals surface area (Å²) in [6.07, 6.45) is 2.34. The van der Waals surface area contributed by atoms with Crippen LogP contribution in [0.4, 0.5) is 5.82 Å². The van der Waals surface area contributed by atoms with Crippen LogP contribution in [0.2, 0.25) is 0 Å². The molecule has 0 spiro atoms. The topological polar surface area (TPSA) is 71.1 Å². The average molecular weight is 364 g/mol. The Morgan fingerprint density at radius 3 is 2.55 bits per heavy atom. The van der Waals surface area contributed by atoms with Crippen LogP contribution in [0.1, 0.15) is 34.1 Å². The number of nitrogens with zero attached hydrogens (tertiary/aromatic N) is 1. The van der Waals surface area contributed by atoms with Crippen molar-refractivity contribution in [3.05, 3.63) is 16.7 Å². The van der Waals surface area contributed by atoms with Crippen molar-refractivity contribution in [2.24, 2.45) is 5.41 Å². The van der Waals surface area contributed by atoms with E-state index in [2.05, 4.69) is 51.7 Å². The zero-order valence-electron chi connectivity index (χ0n) is 12.3. The first-order valence-corrected chi connectivity index (χ1v) is 8.82. The first-order valence-electron chi connectivity index (χ1n) is 6.55. The molecular formula is C13H22BrN3O2S. The van der Waals surface area contributed by atoms with E-state index < -0.39 is 10.0 Å². The Morgan fingerprint density at radius 1 is 1.35 bits per heavy atom. The first-order chi connectivity index (χ1) is 9.15. The highest BCUT2D eigenvalue weighted by atomic mass is 79.9. The summed E-state index contributed by atoms with van der Waals surface area (Å²) in [7, 11) is -3.56. The largest absolute Gasteiger partial charge is 0.369 e. The molecule has 0 atom stereocenters. The molecule has 0 saturated heterocycles. The number of halogens is 1. The number of rotatable bonds is 6. The van der Waals surface area contributed by atoms with Crippen molar-refractivity contribution >= 4 is 31.8 Å². The van der Waals surface area contributed by atoms with E-state index >= 15 is 0 Å². The van der Waals surface area contributed by atoms with E-state index in [1.165, 1.54) is 0 Å². The van der Waals surface area contributed by atoms with Crippen molar-refractivity contribution in [3.63, 3.8) is 0 Å². The Morgan fingerprint density at radius 2 is 2.00 bits per heavy atom. The van der Waals surface area contributed by atoms with Gasteiger partial charge in [0.1, 0.15) is 10.7 Å². The van der Waals surface area contributed by atoms with Crippen molar-refractivity contribution in [2.75, 3.05) is 18.4 Å². The Kier molecular flexibility index (Phi) is 5.97. The van der Waals surface area contributed by atoms with E-state index in [0.717, 1.165) is 6.42 Å². The number of pyridine rings is 1. The monoisotopic (exact) mass is 363 g/mol. The second-order valence-corrected chi connectivity index (χ2v) is 8.39. The normalized spacial score (nSPS) is 12.4. The van der Waals surface area contributed by atoms with Crippen LogP contribution in [-0.4, -0.2) is 26.5 Å². The lowest BCUT2D eigenvalue weighted by Gasteiger charge is -2.18. The van der Waals surface area contributed by atoms with Crippen LogP contribution < -0.4 is 10.0 Å². The molecule has 7 heteroatoms. The molecule has 0 bridgehead atoms. The minimum absolute atomic E-state index is 0.0859. The van der Waals surface area contributed by atoms with Gasteiger partial charge in [0, 0.05) is 23.8 Å². The SMILES string of the molecule is CCNc1ncc(Br)cc1S(=O)(=O)NCCC(C)(C)C. The van der Waals surface area contributed by atoms with Crippen LogP contribution in [0.5, 0.6) is 0 Å². The molecule has 20 heavy (non-hydrogen) atoms. The zero-order chi connectivity index (χ0) is 15.4. The highest BCUT2D eigenvalue weighted by Crippen LogP contribution is 2.23. The third-order valence-corrected chi connectivity index (χ3v) is 4.53. The molecular weight excluding hydrogens is 342 g/mol. The highest BCUT2D eigenvalue weighted by molar-refractivity contribution is 9.10. The fourth-order valence-electron chi connectivity index (χ4n) is 1.56. The Hall–Kier alpha value is -0.660. The molecule has 0 unspecified atom stereocenters. The molecule has 0 fully saturated rings. The Bertz CT molecular complexity index is 553. The van der Waals surface area contributed by atoms with Crippen LogP contribution in [0.25, 0.3) is 0 Å². The molecule has 114 valence electrons. The predicted octanol–water partition coefficient (Wildman–Crippen LogP) is 2.99. The van der Waals surface area contributed by atoms with Crippen LogP contribution in [0, 0.1) is 5.41 Å². The van der Waals surface area contributed by atoms with Crippen molar-refractivity contribution in [1.29, 1.82) is 0 Å². The van der Waals surface area contributed by atoms with Gasteiger partial charge in [-0.25, -0.2) is 18.1 Å². The number of anilines is 1. The van der Waals surface area contributed by atoms with E-state index in [1.54, 1.807) is 12.3 Å². The van der Waals surface area contributed by atoms with Gasteiger partial charge in [0.25, 0.3) is 0 Å². The lowest BCUT2D eigenvalue weighted by molar-refractivity contribution is 0.378. The highest BCUT2D eigenvalue weighted by Gasteiger charge is 2.21.